The van der Waals surface area contributed by atoms with Crippen LogP contribution in [0, 0.1) is 11.7 Å². The number of nitrogens with one attached hydrogen (secondary N) is 1. The Bertz CT molecular complexity index is 848. The fourth-order valence-corrected chi connectivity index (χ4v) is 4.93. The highest BCUT2D eigenvalue weighted by Gasteiger charge is 2.28. The molecule has 3 rings (SSSR count). The molecule has 1 fully saturated rings. The number of benzene rings is 1. The molecular formula is C14H15ClFN3O4S2. The largest absolute Gasteiger partial charge is 0.370 e. The molecule has 1 aliphatic rings. The first-order valence-electron chi connectivity index (χ1n) is 7.33. The van der Waals surface area contributed by atoms with E-state index in [4.69, 9.17) is 16.9 Å². The van der Waals surface area contributed by atoms with Crippen molar-refractivity contribution in [2.45, 2.75) is 11.3 Å². The summed E-state index contributed by atoms with van der Waals surface area (Å²) in [5.74, 6) is -0.801. The van der Waals surface area contributed by atoms with E-state index in [1.807, 2.05) is 4.90 Å². The van der Waals surface area contributed by atoms with Gasteiger partial charge in [0.1, 0.15) is 10.7 Å². The second kappa shape index (κ2) is 7.42. The highest BCUT2D eigenvalue weighted by Crippen LogP contribution is 2.34. The summed E-state index contributed by atoms with van der Waals surface area (Å²) < 4.78 is 41.4. The number of sulfonamides is 1. The molecule has 1 atom stereocenters. The fraction of sp³-hybridized carbons (Fsp3) is 0.357. The van der Waals surface area contributed by atoms with E-state index in [0.717, 1.165) is 29.9 Å². The van der Waals surface area contributed by atoms with E-state index in [0.29, 0.717) is 18.8 Å². The zero-order chi connectivity index (χ0) is 18.0. The van der Waals surface area contributed by atoms with E-state index in [-0.39, 0.29) is 22.7 Å². The number of hydrogen-bond donors (Lipinski definition) is 2. The third-order valence-electron chi connectivity index (χ3n) is 3.88. The quantitative estimate of drug-likeness (QED) is 0.565. The van der Waals surface area contributed by atoms with Gasteiger partial charge in [-0.05, 0) is 12.5 Å². The third kappa shape index (κ3) is 4.04. The van der Waals surface area contributed by atoms with Crippen molar-refractivity contribution < 1.29 is 23.0 Å². The van der Waals surface area contributed by atoms with Crippen LogP contribution in [0.25, 0.3) is 0 Å². The second-order valence-electron chi connectivity index (χ2n) is 5.57. The van der Waals surface area contributed by atoms with Gasteiger partial charge in [0.15, 0.2) is 5.13 Å². The van der Waals surface area contributed by atoms with Crippen LogP contribution in [0.5, 0.6) is 0 Å². The summed E-state index contributed by atoms with van der Waals surface area (Å²) >= 11 is 7.29. The standard InChI is InChI=1S/C14H15ClFN3O4S2/c15-10-5-13(25(21,22)18-14-17-2-4-24-14)11(16)6-12(10)19-3-1-9(7-19)8-23-20/h2,4-6,9,20H,1,3,7-8H2,(H,17,18). The van der Waals surface area contributed by atoms with Crippen LogP contribution in [-0.2, 0) is 14.9 Å². The van der Waals surface area contributed by atoms with Crippen molar-refractivity contribution in [1.29, 1.82) is 0 Å². The van der Waals surface area contributed by atoms with Crippen LogP contribution in [0.4, 0.5) is 15.2 Å². The lowest BCUT2D eigenvalue weighted by atomic mass is 10.1. The third-order valence-corrected chi connectivity index (χ3v) is 6.36. The summed E-state index contributed by atoms with van der Waals surface area (Å²) in [7, 11) is -4.13. The zero-order valence-corrected chi connectivity index (χ0v) is 15.2. The number of rotatable bonds is 6. The summed E-state index contributed by atoms with van der Waals surface area (Å²) in [5, 5.41) is 10.4. The van der Waals surface area contributed by atoms with Crippen molar-refractivity contribution in [1.82, 2.24) is 4.98 Å². The number of hydrogen-bond acceptors (Lipinski definition) is 7. The molecule has 11 heteroatoms. The number of thiazole rings is 1. The lowest BCUT2D eigenvalue weighted by Gasteiger charge is -2.21. The summed E-state index contributed by atoms with van der Waals surface area (Å²) in [6.07, 6.45) is 2.19. The van der Waals surface area contributed by atoms with Crippen LogP contribution >= 0.6 is 22.9 Å². The van der Waals surface area contributed by atoms with Gasteiger partial charge in [0.25, 0.3) is 10.0 Å². The highest BCUT2D eigenvalue weighted by molar-refractivity contribution is 7.93. The maximum absolute atomic E-state index is 14.5. The maximum atomic E-state index is 14.5. The van der Waals surface area contributed by atoms with Crippen molar-refractivity contribution in [3.63, 3.8) is 0 Å². The second-order valence-corrected chi connectivity index (χ2v) is 8.53. The van der Waals surface area contributed by atoms with Crippen LogP contribution in [0.15, 0.2) is 28.6 Å². The van der Waals surface area contributed by atoms with Crippen molar-refractivity contribution in [3.05, 3.63) is 34.5 Å². The van der Waals surface area contributed by atoms with E-state index >= 15 is 0 Å². The van der Waals surface area contributed by atoms with E-state index in [1.54, 1.807) is 5.38 Å². The van der Waals surface area contributed by atoms with E-state index in [1.165, 1.54) is 6.20 Å². The van der Waals surface area contributed by atoms with Gasteiger partial charge in [0, 0.05) is 36.7 Å². The summed E-state index contributed by atoms with van der Waals surface area (Å²) in [4.78, 5) is 9.27. The number of halogens is 2. The van der Waals surface area contributed by atoms with Gasteiger partial charge >= 0.3 is 0 Å². The predicted octanol–water partition coefficient (Wildman–Crippen LogP) is 3.05. The predicted molar refractivity (Wildman–Crippen MR) is 93.2 cm³/mol. The van der Waals surface area contributed by atoms with Crippen molar-refractivity contribution in [2.24, 2.45) is 5.92 Å². The van der Waals surface area contributed by atoms with E-state index < -0.39 is 20.7 Å². The summed E-state index contributed by atoms with van der Waals surface area (Å²) in [6.45, 7) is 1.32. The van der Waals surface area contributed by atoms with Crippen molar-refractivity contribution >= 4 is 43.8 Å². The number of nitrogens with zero attached hydrogens (tertiary/aromatic N) is 2. The Labute approximate surface area is 153 Å². The smallest absolute Gasteiger partial charge is 0.266 e. The number of anilines is 2. The maximum Gasteiger partial charge on any atom is 0.266 e. The molecule has 1 aromatic carbocycles. The minimum atomic E-state index is -4.13. The van der Waals surface area contributed by atoms with Gasteiger partial charge in [-0.2, -0.15) is 0 Å². The van der Waals surface area contributed by atoms with Gasteiger partial charge in [0.05, 0.1) is 17.3 Å². The average Bonchev–Trinajstić information content (AvgIpc) is 3.21. The summed E-state index contributed by atoms with van der Waals surface area (Å²) in [5.41, 5.74) is 0.410. The summed E-state index contributed by atoms with van der Waals surface area (Å²) in [6, 6.07) is 2.21. The lowest BCUT2D eigenvalue weighted by molar-refractivity contribution is -0.249. The average molecular weight is 408 g/mol. The Hall–Kier alpha value is -1.46. The van der Waals surface area contributed by atoms with E-state index in [2.05, 4.69) is 14.6 Å². The SMILES string of the molecule is O=S(=O)(Nc1nccs1)c1cc(Cl)c(N2CCC(COO)C2)cc1F. The van der Waals surface area contributed by atoms with Crippen LogP contribution < -0.4 is 9.62 Å². The van der Waals surface area contributed by atoms with Crippen LogP contribution in [0.2, 0.25) is 5.02 Å². The van der Waals surface area contributed by atoms with Gasteiger partial charge in [-0.25, -0.2) is 22.7 Å². The Morgan fingerprint density at radius 3 is 3.00 bits per heavy atom. The van der Waals surface area contributed by atoms with Gasteiger partial charge in [-0.1, -0.05) is 11.6 Å². The molecule has 1 aliphatic heterocycles. The minimum absolute atomic E-state index is 0.0964. The Morgan fingerprint density at radius 1 is 1.52 bits per heavy atom. The molecule has 0 spiro atoms. The van der Waals surface area contributed by atoms with Crippen molar-refractivity contribution in [3.8, 4) is 0 Å². The number of aromatic nitrogens is 1. The van der Waals surface area contributed by atoms with Crippen LogP contribution in [0.1, 0.15) is 6.42 Å². The van der Waals surface area contributed by atoms with Gasteiger partial charge in [0.2, 0.25) is 0 Å². The lowest BCUT2D eigenvalue weighted by Crippen LogP contribution is -2.22. The zero-order valence-electron chi connectivity index (χ0n) is 12.9. The molecule has 25 heavy (non-hydrogen) atoms. The molecule has 1 aromatic heterocycles. The van der Waals surface area contributed by atoms with Crippen LogP contribution in [-0.4, -0.2) is 38.4 Å². The Morgan fingerprint density at radius 2 is 2.32 bits per heavy atom. The molecule has 0 bridgehead atoms. The monoisotopic (exact) mass is 407 g/mol. The van der Waals surface area contributed by atoms with Gasteiger partial charge < -0.3 is 4.90 Å². The fourth-order valence-electron chi connectivity index (χ4n) is 2.70. The molecule has 136 valence electrons. The molecule has 0 radical (unpaired) electrons. The van der Waals surface area contributed by atoms with Gasteiger partial charge in [-0.15, -0.1) is 11.3 Å². The molecule has 2 heterocycles. The molecule has 0 aliphatic carbocycles. The van der Waals surface area contributed by atoms with Crippen molar-refractivity contribution in [2.75, 3.05) is 29.3 Å². The molecule has 0 saturated carbocycles. The molecule has 1 unspecified atom stereocenters. The Balaban J connectivity index is 1.85. The first-order valence-corrected chi connectivity index (χ1v) is 10.1. The molecule has 7 nitrogen and oxygen atoms in total. The first-order chi connectivity index (χ1) is 11.9. The molecule has 2 N–H and O–H groups in total. The molecular weight excluding hydrogens is 393 g/mol. The first kappa shape index (κ1) is 18.3. The molecule has 1 saturated heterocycles. The highest BCUT2D eigenvalue weighted by atomic mass is 35.5. The molecule has 0 amide bonds. The van der Waals surface area contributed by atoms with Gasteiger partial charge in [-0.3, -0.25) is 9.98 Å². The minimum Gasteiger partial charge on any atom is -0.370 e. The van der Waals surface area contributed by atoms with Crippen LogP contribution in [0.3, 0.4) is 0 Å². The molecule has 2 aromatic rings. The normalized spacial score (nSPS) is 17.9. The topological polar surface area (TPSA) is 91.8 Å². The Kier molecular flexibility index (Phi) is 5.44. The van der Waals surface area contributed by atoms with E-state index in [9.17, 15) is 12.8 Å².